The number of pyridine rings is 2. The standard InChI is InChI=1S/C21H12F3N7O2/c22-21(23,24)11-2-1-3-12(6-11)31-17-13(18(32)30-20(31)33)9-26-15-5-4-14(29-16(15)17)10-7-27-19(25)28-8-10/h1-9H,(H2,25,27,28)(H,30,32,33). The van der Waals surface area contributed by atoms with Crippen LogP contribution in [0.2, 0.25) is 0 Å². The molecule has 0 fully saturated rings. The lowest BCUT2D eigenvalue weighted by Gasteiger charge is -2.14. The Bertz CT molecular complexity index is 1660. The number of alkyl halides is 3. The zero-order chi connectivity index (χ0) is 23.3. The van der Waals surface area contributed by atoms with E-state index in [1.807, 2.05) is 0 Å². The maximum absolute atomic E-state index is 13.3. The van der Waals surface area contributed by atoms with Crippen LogP contribution in [0.3, 0.4) is 0 Å². The summed E-state index contributed by atoms with van der Waals surface area (Å²) < 4.78 is 40.9. The molecule has 0 saturated carbocycles. The molecule has 0 saturated heterocycles. The molecule has 0 aliphatic carbocycles. The van der Waals surface area contributed by atoms with Crippen molar-refractivity contribution >= 4 is 27.9 Å². The molecule has 164 valence electrons. The van der Waals surface area contributed by atoms with Gasteiger partial charge in [0, 0.05) is 24.2 Å². The summed E-state index contributed by atoms with van der Waals surface area (Å²) >= 11 is 0. The molecule has 3 N–H and O–H groups in total. The first kappa shape index (κ1) is 20.3. The quantitative estimate of drug-likeness (QED) is 0.394. The maximum atomic E-state index is 13.3. The monoisotopic (exact) mass is 451 g/mol. The smallest absolute Gasteiger partial charge is 0.368 e. The summed E-state index contributed by atoms with van der Waals surface area (Å²) in [5.74, 6) is 0.0663. The van der Waals surface area contributed by atoms with Gasteiger partial charge in [-0.1, -0.05) is 6.07 Å². The van der Waals surface area contributed by atoms with Crippen molar-refractivity contribution in [2.24, 2.45) is 0 Å². The van der Waals surface area contributed by atoms with E-state index in [9.17, 15) is 22.8 Å². The lowest BCUT2D eigenvalue weighted by Crippen LogP contribution is -2.29. The van der Waals surface area contributed by atoms with E-state index in [-0.39, 0.29) is 28.1 Å². The molecule has 4 heterocycles. The van der Waals surface area contributed by atoms with Gasteiger partial charge in [-0.25, -0.2) is 19.7 Å². The number of halogens is 3. The van der Waals surface area contributed by atoms with Gasteiger partial charge in [-0.05, 0) is 30.3 Å². The number of hydrogen-bond acceptors (Lipinski definition) is 7. The Morgan fingerprint density at radius 2 is 1.73 bits per heavy atom. The van der Waals surface area contributed by atoms with Crippen molar-refractivity contribution in [3.05, 3.63) is 81.4 Å². The molecule has 0 spiro atoms. The SMILES string of the molecule is Nc1ncc(-c2ccc3ncc4c(=O)[nH]c(=O)n(-c5cccc(C(F)(F)F)c5)c4c3n2)cn1. The number of nitrogens with zero attached hydrogens (tertiary/aromatic N) is 5. The lowest BCUT2D eigenvalue weighted by molar-refractivity contribution is -0.137. The Morgan fingerprint density at radius 1 is 0.970 bits per heavy atom. The number of benzene rings is 1. The minimum absolute atomic E-state index is 0.0160. The number of hydrogen-bond donors (Lipinski definition) is 2. The first-order valence-corrected chi connectivity index (χ1v) is 9.43. The Hall–Kier alpha value is -4.61. The van der Waals surface area contributed by atoms with Gasteiger partial charge in [0.25, 0.3) is 5.56 Å². The van der Waals surface area contributed by atoms with Crippen molar-refractivity contribution in [3.8, 4) is 16.9 Å². The largest absolute Gasteiger partial charge is 0.416 e. The van der Waals surface area contributed by atoms with Gasteiger partial charge >= 0.3 is 11.9 Å². The average Bonchev–Trinajstić information content (AvgIpc) is 2.79. The average molecular weight is 451 g/mol. The molecule has 0 unspecified atom stereocenters. The van der Waals surface area contributed by atoms with E-state index >= 15 is 0 Å². The molecule has 9 nitrogen and oxygen atoms in total. The van der Waals surface area contributed by atoms with Crippen LogP contribution in [-0.2, 0) is 6.18 Å². The third kappa shape index (κ3) is 3.46. The zero-order valence-corrected chi connectivity index (χ0v) is 16.5. The van der Waals surface area contributed by atoms with Gasteiger partial charge in [-0.3, -0.25) is 19.3 Å². The van der Waals surface area contributed by atoms with Gasteiger partial charge in [-0.15, -0.1) is 0 Å². The van der Waals surface area contributed by atoms with Gasteiger partial charge in [-0.2, -0.15) is 13.2 Å². The van der Waals surface area contributed by atoms with Gasteiger partial charge in [0.15, 0.2) is 0 Å². The third-order valence-corrected chi connectivity index (χ3v) is 4.98. The third-order valence-electron chi connectivity index (χ3n) is 4.98. The Kier molecular flexibility index (Phi) is 4.44. The molecule has 12 heteroatoms. The first-order valence-electron chi connectivity index (χ1n) is 9.43. The van der Waals surface area contributed by atoms with Crippen LogP contribution in [0, 0.1) is 0 Å². The number of aromatic nitrogens is 6. The summed E-state index contributed by atoms with van der Waals surface area (Å²) in [6.07, 6.45) is -0.487. The van der Waals surface area contributed by atoms with E-state index in [1.54, 1.807) is 12.1 Å². The van der Waals surface area contributed by atoms with Crippen LogP contribution in [0.4, 0.5) is 19.1 Å². The van der Waals surface area contributed by atoms with Crippen LogP contribution in [0.5, 0.6) is 0 Å². The van der Waals surface area contributed by atoms with Crippen molar-refractivity contribution in [2.75, 3.05) is 5.73 Å². The highest BCUT2D eigenvalue weighted by atomic mass is 19.4. The summed E-state index contributed by atoms with van der Waals surface area (Å²) in [4.78, 5) is 44.0. The molecule has 0 aliphatic rings. The van der Waals surface area contributed by atoms with Crippen LogP contribution in [0.25, 0.3) is 38.9 Å². The van der Waals surface area contributed by atoms with Crippen molar-refractivity contribution in [2.45, 2.75) is 6.18 Å². The van der Waals surface area contributed by atoms with Gasteiger partial charge < -0.3 is 5.73 Å². The first-order chi connectivity index (χ1) is 15.7. The molecule has 0 aliphatic heterocycles. The predicted molar refractivity (Wildman–Crippen MR) is 114 cm³/mol. The van der Waals surface area contributed by atoms with Crippen LogP contribution in [0.1, 0.15) is 5.56 Å². The summed E-state index contributed by atoms with van der Waals surface area (Å²) in [6, 6.07) is 7.46. The lowest BCUT2D eigenvalue weighted by atomic mass is 10.1. The summed E-state index contributed by atoms with van der Waals surface area (Å²) in [5.41, 5.74) is 4.21. The molecule has 5 aromatic rings. The van der Waals surface area contributed by atoms with E-state index in [0.29, 0.717) is 16.8 Å². The molecular weight excluding hydrogens is 439 g/mol. The van der Waals surface area contributed by atoms with Crippen LogP contribution < -0.4 is 17.0 Å². The molecule has 4 aromatic heterocycles. The highest BCUT2D eigenvalue weighted by Crippen LogP contribution is 2.31. The number of nitrogen functional groups attached to an aromatic ring is 1. The maximum Gasteiger partial charge on any atom is 0.416 e. The van der Waals surface area contributed by atoms with Crippen molar-refractivity contribution in [1.82, 2.24) is 29.5 Å². The van der Waals surface area contributed by atoms with Crippen LogP contribution in [-0.4, -0.2) is 29.5 Å². The molecular formula is C21H12F3N7O2. The Balaban J connectivity index is 1.88. The van der Waals surface area contributed by atoms with E-state index in [4.69, 9.17) is 5.73 Å². The van der Waals surface area contributed by atoms with Gasteiger partial charge in [0.05, 0.1) is 33.4 Å². The summed E-state index contributed by atoms with van der Waals surface area (Å²) in [6.45, 7) is 0. The molecule has 5 rings (SSSR count). The number of H-pyrrole nitrogens is 1. The number of rotatable bonds is 2. The van der Waals surface area contributed by atoms with E-state index in [0.717, 1.165) is 16.7 Å². The molecule has 0 radical (unpaired) electrons. The summed E-state index contributed by atoms with van der Waals surface area (Å²) in [7, 11) is 0. The normalized spacial score (nSPS) is 11.8. The number of nitrogens with one attached hydrogen (secondary N) is 1. The number of anilines is 1. The topological polar surface area (TPSA) is 132 Å². The summed E-state index contributed by atoms with van der Waals surface area (Å²) in [5, 5.41) is -0.0160. The molecule has 0 bridgehead atoms. The number of fused-ring (bicyclic) bond motifs is 3. The predicted octanol–water partition coefficient (Wildman–Crippen LogP) is 2.68. The molecule has 0 amide bonds. The fourth-order valence-electron chi connectivity index (χ4n) is 3.47. The number of aromatic amines is 1. The molecule has 33 heavy (non-hydrogen) atoms. The van der Waals surface area contributed by atoms with Crippen molar-refractivity contribution < 1.29 is 13.2 Å². The van der Waals surface area contributed by atoms with Gasteiger partial charge in [0.2, 0.25) is 5.95 Å². The Labute approximate surface area is 181 Å². The zero-order valence-electron chi connectivity index (χ0n) is 16.5. The van der Waals surface area contributed by atoms with E-state index in [2.05, 4.69) is 24.9 Å². The second-order valence-electron chi connectivity index (χ2n) is 7.06. The second-order valence-corrected chi connectivity index (χ2v) is 7.06. The fraction of sp³-hybridized carbons (Fsp3) is 0.0476. The minimum Gasteiger partial charge on any atom is -0.368 e. The molecule has 0 atom stereocenters. The van der Waals surface area contributed by atoms with Crippen LogP contribution in [0.15, 0.2) is 64.6 Å². The van der Waals surface area contributed by atoms with Crippen molar-refractivity contribution in [1.29, 1.82) is 0 Å². The highest BCUT2D eigenvalue weighted by Gasteiger charge is 2.31. The minimum atomic E-state index is -4.62. The van der Waals surface area contributed by atoms with Crippen molar-refractivity contribution in [3.63, 3.8) is 0 Å². The fourth-order valence-corrected chi connectivity index (χ4v) is 3.47. The number of nitrogens with two attached hydrogens (primary N) is 1. The highest BCUT2D eigenvalue weighted by molar-refractivity contribution is 6.01. The molecule has 1 aromatic carbocycles. The van der Waals surface area contributed by atoms with E-state index < -0.39 is 23.0 Å². The van der Waals surface area contributed by atoms with Gasteiger partial charge in [0.1, 0.15) is 5.52 Å². The second kappa shape index (κ2) is 7.22. The Morgan fingerprint density at radius 3 is 2.45 bits per heavy atom. The van der Waals surface area contributed by atoms with Crippen LogP contribution >= 0.6 is 0 Å². The van der Waals surface area contributed by atoms with E-state index in [1.165, 1.54) is 30.7 Å².